The molecule has 0 saturated carbocycles. The summed E-state index contributed by atoms with van der Waals surface area (Å²) in [5.41, 5.74) is 0.308. The number of hydrogen-bond donors (Lipinski definition) is 1. The van der Waals surface area contributed by atoms with Gasteiger partial charge < -0.3 is 19.5 Å². The quantitative estimate of drug-likeness (QED) is 0.307. The highest BCUT2D eigenvalue weighted by Gasteiger charge is 2.23. The van der Waals surface area contributed by atoms with E-state index in [1.165, 1.54) is 28.8 Å². The van der Waals surface area contributed by atoms with Gasteiger partial charge in [0.05, 0.1) is 24.2 Å². The number of hydrogen-bond acceptors (Lipinski definition) is 9. The van der Waals surface area contributed by atoms with Crippen LogP contribution in [-0.4, -0.2) is 41.6 Å². The molecule has 12 heteroatoms. The van der Waals surface area contributed by atoms with E-state index < -0.39 is 23.4 Å². The predicted molar refractivity (Wildman–Crippen MR) is 120 cm³/mol. The summed E-state index contributed by atoms with van der Waals surface area (Å²) in [6, 6.07) is 9.51. The second-order valence-electron chi connectivity index (χ2n) is 6.80. The van der Waals surface area contributed by atoms with Crippen molar-refractivity contribution in [2.24, 2.45) is 0 Å². The Bertz CT molecular complexity index is 1230. The molecule has 33 heavy (non-hydrogen) atoms. The van der Waals surface area contributed by atoms with Crippen molar-refractivity contribution in [1.29, 1.82) is 0 Å². The summed E-state index contributed by atoms with van der Waals surface area (Å²) >= 11 is 7.20. The molecule has 0 fully saturated rings. The Morgan fingerprint density at radius 3 is 2.70 bits per heavy atom. The molecule has 0 atom stereocenters. The molecule has 0 saturated heterocycles. The maximum absolute atomic E-state index is 12.3. The highest BCUT2D eigenvalue weighted by molar-refractivity contribution is 7.13. The minimum Gasteiger partial charge on any atom is -0.489 e. The highest BCUT2D eigenvalue weighted by atomic mass is 35.5. The van der Waals surface area contributed by atoms with E-state index in [4.69, 9.17) is 25.8 Å². The molecule has 2 aromatic carbocycles. The lowest BCUT2D eigenvalue weighted by Crippen LogP contribution is -2.21. The Morgan fingerprint density at radius 1 is 1.21 bits per heavy atom. The molecule has 0 radical (unpaired) electrons. The molecule has 10 nitrogen and oxygen atoms in total. The molecule has 1 aliphatic heterocycles. The van der Waals surface area contributed by atoms with E-state index >= 15 is 0 Å². The van der Waals surface area contributed by atoms with Crippen LogP contribution in [0.5, 0.6) is 11.5 Å². The molecule has 1 aliphatic rings. The molecule has 0 aliphatic carbocycles. The third kappa shape index (κ3) is 5.38. The van der Waals surface area contributed by atoms with Gasteiger partial charge >= 0.3 is 5.97 Å². The summed E-state index contributed by atoms with van der Waals surface area (Å²) in [6.45, 7) is 0.0799. The zero-order valence-corrected chi connectivity index (χ0v) is 18.5. The monoisotopic (exact) mass is 489 g/mol. The first-order valence-electron chi connectivity index (χ1n) is 9.67. The number of esters is 1. The number of amides is 1. The first-order valence-corrected chi connectivity index (χ1v) is 10.9. The molecule has 3 aromatic rings. The van der Waals surface area contributed by atoms with E-state index in [9.17, 15) is 19.7 Å². The molecule has 0 bridgehead atoms. The lowest BCUT2D eigenvalue weighted by Gasteiger charge is -2.11. The number of carbonyl (C=O) groups excluding carboxylic acids is 2. The van der Waals surface area contributed by atoms with Gasteiger partial charge in [0, 0.05) is 28.5 Å². The largest absolute Gasteiger partial charge is 0.489 e. The average Bonchev–Trinajstić information content (AvgIpc) is 3.17. The van der Waals surface area contributed by atoms with Crippen LogP contribution in [0.25, 0.3) is 10.6 Å². The number of nitro groups is 1. The van der Waals surface area contributed by atoms with E-state index in [0.717, 1.165) is 5.56 Å². The summed E-state index contributed by atoms with van der Waals surface area (Å²) in [6.07, 6.45) is 0.621. The minimum absolute atomic E-state index is 0.0318. The van der Waals surface area contributed by atoms with Crippen molar-refractivity contribution < 1.29 is 28.7 Å². The third-order valence-corrected chi connectivity index (χ3v) is 5.58. The zero-order chi connectivity index (χ0) is 23.4. The van der Waals surface area contributed by atoms with Crippen molar-refractivity contribution in [3.05, 3.63) is 62.6 Å². The second-order valence-corrected chi connectivity index (χ2v) is 8.09. The van der Waals surface area contributed by atoms with Crippen molar-refractivity contribution in [3.63, 3.8) is 0 Å². The predicted octanol–water partition coefficient (Wildman–Crippen LogP) is 4.33. The van der Waals surface area contributed by atoms with Gasteiger partial charge in [-0.05, 0) is 12.1 Å². The number of benzene rings is 2. The molecule has 170 valence electrons. The summed E-state index contributed by atoms with van der Waals surface area (Å²) in [5.74, 6) is -1.06. The number of carbonyl (C=O) groups is 2. The van der Waals surface area contributed by atoms with Gasteiger partial charge in [0.2, 0.25) is 0 Å². The average molecular weight is 490 g/mol. The second kappa shape index (κ2) is 9.84. The van der Waals surface area contributed by atoms with E-state index in [2.05, 4.69) is 10.3 Å². The van der Waals surface area contributed by atoms with Gasteiger partial charge in [-0.2, -0.15) is 0 Å². The van der Waals surface area contributed by atoms with Crippen LogP contribution in [0.1, 0.15) is 16.9 Å². The van der Waals surface area contributed by atoms with Gasteiger partial charge in [0.15, 0.2) is 23.8 Å². The first-order chi connectivity index (χ1) is 15.9. The van der Waals surface area contributed by atoms with Gasteiger partial charge in [-0.25, -0.2) is 9.78 Å². The molecule has 1 aromatic heterocycles. The van der Waals surface area contributed by atoms with Crippen molar-refractivity contribution in [2.75, 3.05) is 25.1 Å². The number of anilines is 1. The van der Waals surface area contributed by atoms with Crippen LogP contribution in [-0.2, 0) is 9.53 Å². The highest BCUT2D eigenvalue weighted by Crippen LogP contribution is 2.39. The van der Waals surface area contributed by atoms with E-state index in [1.807, 2.05) is 0 Å². The van der Waals surface area contributed by atoms with E-state index in [0.29, 0.717) is 29.7 Å². The smallest absolute Gasteiger partial charge is 0.358 e. The first kappa shape index (κ1) is 22.5. The number of ether oxygens (including phenoxy) is 3. The number of nitrogens with zero attached hydrogens (tertiary/aromatic N) is 2. The lowest BCUT2D eigenvalue weighted by atomic mass is 10.2. The number of fused-ring (bicyclic) bond motifs is 1. The van der Waals surface area contributed by atoms with Crippen molar-refractivity contribution in [3.8, 4) is 22.1 Å². The summed E-state index contributed by atoms with van der Waals surface area (Å²) < 4.78 is 16.0. The van der Waals surface area contributed by atoms with Gasteiger partial charge in [-0.1, -0.05) is 23.7 Å². The number of halogens is 1. The normalized spacial score (nSPS) is 12.5. The zero-order valence-electron chi connectivity index (χ0n) is 16.9. The number of nitro benzene ring substituents is 1. The summed E-state index contributed by atoms with van der Waals surface area (Å²) in [4.78, 5) is 39.6. The van der Waals surface area contributed by atoms with Crippen LogP contribution in [0.3, 0.4) is 0 Å². The van der Waals surface area contributed by atoms with Crippen LogP contribution in [0, 0.1) is 10.1 Å². The van der Waals surface area contributed by atoms with Crippen LogP contribution in [0.15, 0.2) is 41.8 Å². The molecule has 2 heterocycles. The minimum atomic E-state index is -0.803. The molecule has 0 unspecified atom stereocenters. The summed E-state index contributed by atoms with van der Waals surface area (Å²) in [5, 5.41) is 16.4. The SMILES string of the molecule is O=C(COC(=O)c1csc(-c2cccc(Cl)c2)n1)Nc1cc2c(cc1[N+](=O)[O-])OCCCO2. The Kier molecular flexibility index (Phi) is 6.71. The Hall–Kier alpha value is -3.70. The fraction of sp³-hybridized carbons (Fsp3) is 0.190. The number of rotatable bonds is 6. The summed E-state index contributed by atoms with van der Waals surface area (Å²) in [7, 11) is 0. The molecule has 0 spiro atoms. The lowest BCUT2D eigenvalue weighted by molar-refractivity contribution is -0.384. The standard InChI is InChI=1S/C21H16ClN3O7S/c22-13-4-1-3-12(7-13)20-24-15(11-33-20)21(27)32-10-19(26)23-14-8-17-18(9-16(14)25(28)29)31-6-2-5-30-17/h1,3-4,7-9,11H,2,5-6,10H2,(H,23,26). The third-order valence-electron chi connectivity index (χ3n) is 4.46. The Balaban J connectivity index is 1.41. The molecular weight excluding hydrogens is 474 g/mol. The Morgan fingerprint density at radius 2 is 1.97 bits per heavy atom. The van der Waals surface area contributed by atoms with E-state index in [1.54, 1.807) is 24.3 Å². The topological polar surface area (TPSA) is 130 Å². The maximum Gasteiger partial charge on any atom is 0.358 e. The number of nitrogens with one attached hydrogen (secondary N) is 1. The van der Waals surface area contributed by atoms with Gasteiger partial charge in [-0.3, -0.25) is 14.9 Å². The fourth-order valence-electron chi connectivity index (χ4n) is 2.96. The van der Waals surface area contributed by atoms with Crippen LogP contribution >= 0.6 is 22.9 Å². The molecule has 1 amide bonds. The van der Waals surface area contributed by atoms with Crippen LogP contribution in [0.4, 0.5) is 11.4 Å². The van der Waals surface area contributed by atoms with Gasteiger partial charge in [-0.15, -0.1) is 11.3 Å². The number of aromatic nitrogens is 1. The van der Waals surface area contributed by atoms with E-state index in [-0.39, 0.29) is 28.6 Å². The molecule has 1 N–H and O–H groups in total. The molecular formula is C21H16ClN3O7S. The van der Waals surface area contributed by atoms with Gasteiger partial charge in [0.1, 0.15) is 10.7 Å². The van der Waals surface area contributed by atoms with Gasteiger partial charge in [0.25, 0.3) is 11.6 Å². The van der Waals surface area contributed by atoms with Crippen molar-refractivity contribution in [2.45, 2.75) is 6.42 Å². The maximum atomic E-state index is 12.3. The Labute approximate surface area is 196 Å². The fourth-order valence-corrected chi connectivity index (χ4v) is 3.94. The van der Waals surface area contributed by atoms with Crippen LogP contribution in [0.2, 0.25) is 5.02 Å². The van der Waals surface area contributed by atoms with Crippen LogP contribution < -0.4 is 14.8 Å². The number of thiazole rings is 1. The van der Waals surface area contributed by atoms with Crippen molar-refractivity contribution >= 4 is 46.2 Å². The molecule has 4 rings (SSSR count). The van der Waals surface area contributed by atoms with Crippen molar-refractivity contribution in [1.82, 2.24) is 4.98 Å².